The zero-order valence-corrected chi connectivity index (χ0v) is 12.4. The Morgan fingerprint density at radius 1 is 1.40 bits per heavy atom. The Morgan fingerprint density at radius 3 is 2.70 bits per heavy atom. The van der Waals surface area contributed by atoms with Gasteiger partial charge in [-0.25, -0.2) is 0 Å². The van der Waals surface area contributed by atoms with Crippen LogP contribution in [0, 0.1) is 0 Å². The summed E-state index contributed by atoms with van der Waals surface area (Å²) in [5, 5.41) is 0.710. The Labute approximate surface area is 124 Å². The summed E-state index contributed by atoms with van der Waals surface area (Å²) in [4.78, 5) is 15.6. The lowest BCUT2D eigenvalue weighted by Gasteiger charge is -2.34. The first-order valence-electron chi connectivity index (χ1n) is 6.60. The zero-order valence-electron chi connectivity index (χ0n) is 11.6. The summed E-state index contributed by atoms with van der Waals surface area (Å²) in [5.74, 6) is 0.851. The van der Waals surface area contributed by atoms with Gasteiger partial charge < -0.3 is 9.64 Å². The van der Waals surface area contributed by atoms with E-state index in [1.54, 1.807) is 7.11 Å². The number of hydrogen-bond acceptors (Lipinski definition) is 3. The maximum atomic E-state index is 11.5. The predicted octanol–water partition coefficient (Wildman–Crippen LogP) is 2.18. The smallest absolute Gasteiger partial charge is 0.246 e. The number of hydrogen-bond donors (Lipinski definition) is 0. The van der Waals surface area contributed by atoms with Gasteiger partial charge in [0, 0.05) is 43.3 Å². The average molecular weight is 295 g/mol. The largest absolute Gasteiger partial charge is 0.496 e. The van der Waals surface area contributed by atoms with E-state index < -0.39 is 0 Å². The first-order chi connectivity index (χ1) is 9.63. The molecule has 20 heavy (non-hydrogen) atoms. The second kappa shape index (κ2) is 6.77. The molecule has 0 radical (unpaired) electrons. The van der Waals surface area contributed by atoms with Crippen LogP contribution in [0.25, 0.3) is 0 Å². The summed E-state index contributed by atoms with van der Waals surface area (Å²) in [7, 11) is 1.66. The highest BCUT2D eigenvalue weighted by Crippen LogP contribution is 2.24. The Balaban J connectivity index is 1.97. The molecule has 108 valence electrons. The monoisotopic (exact) mass is 294 g/mol. The van der Waals surface area contributed by atoms with Crippen molar-refractivity contribution in [2.45, 2.75) is 6.54 Å². The number of carbonyl (C=O) groups is 1. The van der Waals surface area contributed by atoms with Crippen LogP contribution in [0.4, 0.5) is 0 Å². The third kappa shape index (κ3) is 3.52. The van der Waals surface area contributed by atoms with Gasteiger partial charge in [-0.05, 0) is 24.3 Å². The molecule has 0 aliphatic carbocycles. The van der Waals surface area contributed by atoms with E-state index in [9.17, 15) is 4.79 Å². The number of amides is 1. The highest BCUT2D eigenvalue weighted by atomic mass is 35.5. The fourth-order valence-electron chi connectivity index (χ4n) is 2.37. The van der Waals surface area contributed by atoms with E-state index in [-0.39, 0.29) is 5.91 Å². The van der Waals surface area contributed by atoms with Crippen molar-refractivity contribution in [3.05, 3.63) is 41.4 Å². The van der Waals surface area contributed by atoms with Crippen LogP contribution in [-0.4, -0.2) is 49.0 Å². The second-order valence-corrected chi connectivity index (χ2v) is 5.20. The number of nitrogens with zero attached hydrogens (tertiary/aromatic N) is 2. The minimum absolute atomic E-state index is 0.00462. The molecule has 0 saturated carbocycles. The standard InChI is InChI=1S/C15H19ClN2O2/c1-3-15(19)18-8-6-17(7-9-18)11-12-10-13(16)4-5-14(12)20-2/h3-5,10H,1,6-9,11H2,2H3. The minimum Gasteiger partial charge on any atom is -0.496 e. The van der Waals surface area contributed by atoms with Gasteiger partial charge in [0.05, 0.1) is 7.11 Å². The Kier molecular flexibility index (Phi) is 5.04. The normalized spacial score (nSPS) is 16.0. The van der Waals surface area contributed by atoms with E-state index in [1.807, 2.05) is 23.1 Å². The van der Waals surface area contributed by atoms with E-state index >= 15 is 0 Å². The van der Waals surface area contributed by atoms with E-state index in [2.05, 4.69) is 11.5 Å². The van der Waals surface area contributed by atoms with Crippen molar-refractivity contribution in [2.75, 3.05) is 33.3 Å². The molecular formula is C15H19ClN2O2. The van der Waals surface area contributed by atoms with Crippen molar-refractivity contribution in [3.63, 3.8) is 0 Å². The van der Waals surface area contributed by atoms with Crippen molar-refractivity contribution in [2.24, 2.45) is 0 Å². The van der Waals surface area contributed by atoms with Gasteiger partial charge in [-0.2, -0.15) is 0 Å². The lowest BCUT2D eigenvalue weighted by molar-refractivity contribution is -0.127. The predicted molar refractivity (Wildman–Crippen MR) is 80.1 cm³/mol. The van der Waals surface area contributed by atoms with Gasteiger partial charge >= 0.3 is 0 Å². The molecule has 1 heterocycles. The van der Waals surface area contributed by atoms with Gasteiger partial charge in [-0.1, -0.05) is 18.2 Å². The van der Waals surface area contributed by atoms with Crippen LogP contribution >= 0.6 is 11.6 Å². The van der Waals surface area contributed by atoms with E-state index in [1.165, 1.54) is 6.08 Å². The maximum absolute atomic E-state index is 11.5. The van der Waals surface area contributed by atoms with Gasteiger partial charge in [-0.15, -0.1) is 0 Å². The number of rotatable bonds is 4. The molecule has 1 amide bonds. The van der Waals surface area contributed by atoms with Crippen LogP contribution in [0.5, 0.6) is 5.75 Å². The van der Waals surface area contributed by atoms with Crippen molar-refractivity contribution >= 4 is 17.5 Å². The fraction of sp³-hybridized carbons (Fsp3) is 0.400. The molecule has 0 bridgehead atoms. The number of piperazine rings is 1. The van der Waals surface area contributed by atoms with Crippen LogP contribution in [0.1, 0.15) is 5.56 Å². The molecule has 0 aromatic heterocycles. The number of carbonyl (C=O) groups excluding carboxylic acids is 1. The first-order valence-corrected chi connectivity index (χ1v) is 6.98. The molecule has 1 saturated heterocycles. The van der Waals surface area contributed by atoms with E-state index in [0.717, 1.165) is 44.0 Å². The first kappa shape index (κ1) is 14.9. The second-order valence-electron chi connectivity index (χ2n) is 4.76. The highest BCUT2D eigenvalue weighted by molar-refractivity contribution is 6.30. The summed E-state index contributed by atoms with van der Waals surface area (Å²) in [6, 6.07) is 5.64. The molecule has 5 heteroatoms. The molecule has 1 aliphatic heterocycles. The molecule has 1 aromatic rings. The van der Waals surface area contributed by atoms with Crippen LogP contribution < -0.4 is 4.74 Å². The van der Waals surface area contributed by atoms with Crippen LogP contribution in [0.2, 0.25) is 5.02 Å². The molecule has 0 spiro atoms. The number of benzene rings is 1. The van der Waals surface area contributed by atoms with Gasteiger partial charge in [0.2, 0.25) is 5.91 Å². The van der Waals surface area contributed by atoms with Gasteiger partial charge in [0.15, 0.2) is 0 Å². The van der Waals surface area contributed by atoms with Gasteiger partial charge in [0.1, 0.15) is 5.75 Å². The van der Waals surface area contributed by atoms with Crippen LogP contribution in [0.3, 0.4) is 0 Å². The maximum Gasteiger partial charge on any atom is 0.246 e. The van der Waals surface area contributed by atoms with Gasteiger partial charge in [0.25, 0.3) is 0 Å². The molecule has 2 rings (SSSR count). The molecule has 1 fully saturated rings. The summed E-state index contributed by atoms with van der Waals surface area (Å²) in [5.41, 5.74) is 1.07. The average Bonchev–Trinajstić information content (AvgIpc) is 2.47. The molecule has 1 aliphatic rings. The molecule has 0 atom stereocenters. The van der Waals surface area contributed by atoms with E-state index in [4.69, 9.17) is 16.3 Å². The molecule has 1 aromatic carbocycles. The Bertz CT molecular complexity index is 497. The summed E-state index contributed by atoms with van der Waals surface area (Å²) in [6.07, 6.45) is 1.37. The number of methoxy groups -OCH3 is 1. The molecule has 0 N–H and O–H groups in total. The lowest BCUT2D eigenvalue weighted by atomic mass is 10.1. The van der Waals surface area contributed by atoms with Crippen LogP contribution in [0.15, 0.2) is 30.9 Å². The lowest BCUT2D eigenvalue weighted by Crippen LogP contribution is -2.47. The highest BCUT2D eigenvalue weighted by Gasteiger charge is 2.20. The Morgan fingerprint density at radius 2 is 2.10 bits per heavy atom. The topological polar surface area (TPSA) is 32.8 Å². The quantitative estimate of drug-likeness (QED) is 0.798. The Hall–Kier alpha value is -1.52. The van der Waals surface area contributed by atoms with E-state index in [0.29, 0.717) is 5.02 Å². The van der Waals surface area contributed by atoms with Crippen LogP contribution in [-0.2, 0) is 11.3 Å². The van der Waals surface area contributed by atoms with Crippen molar-refractivity contribution in [3.8, 4) is 5.75 Å². The minimum atomic E-state index is 0.00462. The van der Waals surface area contributed by atoms with Crippen molar-refractivity contribution in [1.82, 2.24) is 9.80 Å². The van der Waals surface area contributed by atoms with Crippen molar-refractivity contribution < 1.29 is 9.53 Å². The summed E-state index contributed by atoms with van der Waals surface area (Å²) < 4.78 is 5.36. The zero-order chi connectivity index (χ0) is 14.5. The number of ether oxygens (including phenoxy) is 1. The van der Waals surface area contributed by atoms with Gasteiger partial charge in [-0.3, -0.25) is 9.69 Å². The third-order valence-corrected chi connectivity index (χ3v) is 3.73. The number of halogens is 1. The SMILES string of the molecule is C=CC(=O)N1CCN(Cc2cc(Cl)ccc2OC)CC1. The van der Waals surface area contributed by atoms with Crippen molar-refractivity contribution in [1.29, 1.82) is 0 Å². The fourth-order valence-corrected chi connectivity index (χ4v) is 2.56. The molecular weight excluding hydrogens is 276 g/mol. The summed E-state index contributed by atoms with van der Waals surface area (Å²) in [6.45, 7) is 7.44. The summed E-state index contributed by atoms with van der Waals surface area (Å²) >= 11 is 6.04. The molecule has 4 nitrogen and oxygen atoms in total. The third-order valence-electron chi connectivity index (χ3n) is 3.49. The molecule has 0 unspecified atom stereocenters.